The second kappa shape index (κ2) is 8.73. The van der Waals surface area contributed by atoms with Gasteiger partial charge < -0.3 is 19.7 Å². The first-order valence-electron chi connectivity index (χ1n) is 8.79. The Labute approximate surface area is 164 Å². The van der Waals surface area contributed by atoms with E-state index in [1.54, 1.807) is 18.2 Å². The fraction of sp³-hybridized carbons (Fsp3) is 0.300. The molecule has 0 unspecified atom stereocenters. The molecule has 0 bridgehead atoms. The standard InChI is InChI=1S/C20H23N3O3S/c1-25-17-10-14(11-18(13-17)26-2)19(24)22-20(27)21-15-6-5-7-16(12-15)23-8-3-4-9-23/h5-7,10-13H,3-4,8-9H2,1-2H3,(H2,21,22,24,27). The Morgan fingerprint density at radius 2 is 1.70 bits per heavy atom. The van der Waals surface area contributed by atoms with Crippen molar-refractivity contribution in [2.24, 2.45) is 0 Å². The number of methoxy groups -OCH3 is 2. The fourth-order valence-corrected chi connectivity index (χ4v) is 3.24. The minimum absolute atomic E-state index is 0.236. The second-order valence-corrected chi connectivity index (χ2v) is 6.66. The van der Waals surface area contributed by atoms with Crippen molar-refractivity contribution >= 4 is 34.6 Å². The lowest BCUT2D eigenvalue weighted by Gasteiger charge is -2.19. The Hall–Kier alpha value is -2.80. The molecule has 0 aromatic heterocycles. The van der Waals surface area contributed by atoms with Gasteiger partial charge in [-0.1, -0.05) is 6.07 Å². The molecular formula is C20H23N3O3S. The van der Waals surface area contributed by atoms with Gasteiger partial charge in [0.1, 0.15) is 11.5 Å². The lowest BCUT2D eigenvalue weighted by atomic mass is 10.2. The van der Waals surface area contributed by atoms with E-state index in [4.69, 9.17) is 21.7 Å². The summed E-state index contributed by atoms with van der Waals surface area (Å²) in [6.45, 7) is 2.14. The zero-order valence-corrected chi connectivity index (χ0v) is 16.3. The molecule has 2 N–H and O–H groups in total. The molecule has 1 saturated heterocycles. The van der Waals surface area contributed by atoms with Crippen LogP contribution in [0.2, 0.25) is 0 Å². The van der Waals surface area contributed by atoms with Gasteiger partial charge in [-0.3, -0.25) is 10.1 Å². The number of hydrogen-bond donors (Lipinski definition) is 2. The van der Waals surface area contributed by atoms with Crippen LogP contribution in [0.1, 0.15) is 23.2 Å². The topological polar surface area (TPSA) is 62.8 Å². The van der Waals surface area contributed by atoms with Crippen LogP contribution < -0.4 is 25.0 Å². The van der Waals surface area contributed by atoms with E-state index in [2.05, 4.69) is 21.6 Å². The summed E-state index contributed by atoms with van der Waals surface area (Å²) >= 11 is 5.29. The van der Waals surface area contributed by atoms with E-state index in [0.29, 0.717) is 17.1 Å². The number of thiocarbonyl (C=S) groups is 1. The van der Waals surface area contributed by atoms with Gasteiger partial charge in [-0.25, -0.2) is 0 Å². The molecule has 1 fully saturated rings. The van der Waals surface area contributed by atoms with Crippen LogP contribution in [0.4, 0.5) is 11.4 Å². The zero-order chi connectivity index (χ0) is 19.2. The third-order valence-electron chi connectivity index (χ3n) is 4.42. The molecule has 27 heavy (non-hydrogen) atoms. The molecule has 0 atom stereocenters. The van der Waals surface area contributed by atoms with Gasteiger partial charge in [0.25, 0.3) is 5.91 Å². The number of carbonyl (C=O) groups is 1. The summed E-state index contributed by atoms with van der Waals surface area (Å²) in [5.41, 5.74) is 2.40. The molecule has 2 aromatic rings. The van der Waals surface area contributed by atoms with Crippen LogP contribution in [0.15, 0.2) is 42.5 Å². The number of amides is 1. The van der Waals surface area contributed by atoms with Gasteiger partial charge in [0.05, 0.1) is 14.2 Å². The molecule has 1 aliphatic heterocycles. The van der Waals surface area contributed by atoms with Gasteiger partial charge in [-0.2, -0.15) is 0 Å². The first-order chi connectivity index (χ1) is 13.1. The molecule has 3 rings (SSSR count). The Morgan fingerprint density at radius 3 is 2.33 bits per heavy atom. The van der Waals surface area contributed by atoms with Crippen LogP contribution in [0.25, 0.3) is 0 Å². The van der Waals surface area contributed by atoms with Gasteiger partial charge in [0, 0.05) is 36.1 Å². The van der Waals surface area contributed by atoms with Crippen molar-refractivity contribution in [2.75, 3.05) is 37.5 Å². The van der Waals surface area contributed by atoms with Gasteiger partial charge >= 0.3 is 0 Å². The summed E-state index contributed by atoms with van der Waals surface area (Å²) in [6, 6.07) is 13.0. The van der Waals surface area contributed by atoms with E-state index in [1.807, 2.05) is 18.2 Å². The number of nitrogens with one attached hydrogen (secondary N) is 2. The highest BCUT2D eigenvalue weighted by Crippen LogP contribution is 2.24. The van der Waals surface area contributed by atoms with Gasteiger partial charge in [0.2, 0.25) is 0 Å². The first kappa shape index (κ1) is 19.0. The predicted octanol–water partition coefficient (Wildman–Crippen LogP) is 3.43. The van der Waals surface area contributed by atoms with Gasteiger partial charge in [-0.15, -0.1) is 0 Å². The number of nitrogens with zero attached hydrogens (tertiary/aromatic N) is 1. The molecule has 1 aliphatic rings. The van der Waals surface area contributed by atoms with E-state index in [-0.39, 0.29) is 11.0 Å². The molecule has 1 heterocycles. The maximum atomic E-state index is 12.5. The monoisotopic (exact) mass is 385 g/mol. The Balaban J connectivity index is 1.65. The molecule has 0 radical (unpaired) electrons. The van der Waals surface area contributed by atoms with Crippen molar-refractivity contribution in [1.82, 2.24) is 5.32 Å². The van der Waals surface area contributed by atoms with Gasteiger partial charge in [0.15, 0.2) is 5.11 Å². The van der Waals surface area contributed by atoms with Crippen molar-refractivity contribution in [1.29, 1.82) is 0 Å². The van der Waals surface area contributed by atoms with Crippen molar-refractivity contribution in [3.63, 3.8) is 0 Å². The maximum Gasteiger partial charge on any atom is 0.257 e. The maximum absolute atomic E-state index is 12.5. The average molecular weight is 385 g/mol. The number of carbonyl (C=O) groups excluding carboxylic acids is 1. The highest BCUT2D eigenvalue weighted by molar-refractivity contribution is 7.80. The van der Waals surface area contributed by atoms with E-state index in [1.165, 1.54) is 27.1 Å². The molecule has 1 amide bonds. The third kappa shape index (κ3) is 4.89. The molecule has 0 saturated carbocycles. The molecule has 0 aliphatic carbocycles. The number of rotatable bonds is 5. The zero-order valence-electron chi connectivity index (χ0n) is 15.5. The lowest BCUT2D eigenvalue weighted by Crippen LogP contribution is -2.34. The first-order valence-corrected chi connectivity index (χ1v) is 9.20. The quantitative estimate of drug-likeness (QED) is 0.769. The normalized spacial score (nSPS) is 13.2. The summed E-state index contributed by atoms with van der Waals surface area (Å²) < 4.78 is 10.4. The van der Waals surface area contributed by atoms with Crippen molar-refractivity contribution in [2.45, 2.75) is 12.8 Å². The summed E-state index contributed by atoms with van der Waals surface area (Å²) in [5, 5.41) is 6.00. The largest absolute Gasteiger partial charge is 0.497 e. The Bertz CT molecular complexity index is 813. The Kier molecular flexibility index (Phi) is 6.13. The van der Waals surface area contributed by atoms with E-state index in [9.17, 15) is 4.79 Å². The third-order valence-corrected chi connectivity index (χ3v) is 4.62. The van der Waals surface area contributed by atoms with E-state index < -0.39 is 0 Å². The summed E-state index contributed by atoms with van der Waals surface area (Å²) in [6.07, 6.45) is 2.44. The smallest absolute Gasteiger partial charge is 0.257 e. The predicted molar refractivity (Wildman–Crippen MR) is 111 cm³/mol. The van der Waals surface area contributed by atoms with Crippen LogP contribution in [0.3, 0.4) is 0 Å². The van der Waals surface area contributed by atoms with Crippen molar-refractivity contribution in [3.05, 3.63) is 48.0 Å². The van der Waals surface area contributed by atoms with Crippen molar-refractivity contribution < 1.29 is 14.3 Å². The average Bonchev–Trinajstić information content (AvgIpc) is 3.22. The SMILES string of the molecule is COc1cc(OC)cc(C(=O)NC(=S)Nc2cccc(N3CCCC3)c2)c1. The van der Waals surface area contributed by atoms with E-state index >= 15 is 0 Å². The molecule has 7 heteroatoms. The van der Waals surface area contributed by atoms with Crippen LogP contribution in [-0.4, -0.2) is 38.3 Å². The highest BCUT2D eigenvalue weighted by atomic mass is 32.1. The second-order valence-electron chi connectivity index (χ2n) is 6.25. The number of benzene rings is 2. The molecule has 2 aromatic carbocycles. The summed E-state index contributed by atoms with van der Waals surface area (Å²) in [7, 11) is 3.08. The van der Waals surface area contributed by atoms with Crippen LogP contribution in [-0.2, 0) is 0 Å². The fourth-order valence-electron chi connectivity index (χ4n) is 3.03. The van der Waals surface area contributed by atoms with Gasteiger partial charge in [-0.05, 0) is 55.4 Å². The van der Waals surface area contributed by atoms with Crippen LogP contribution >= 0.6 is 12.2 Å². The number of ether oxygens (including phenoxy) is 2. The van der Waals surface area contributed by atoms with Crippen LogP contribution in [0.5, 0.6) is 11.5 Å². The molecule has 0 spiro atoms. The van der Waals surface area contributed by atoms with Crippen LogP contribution in [0, 0.1) is 0 Å². The molecular weight excluding hydrogens is 362 g/mol. The summed E-state index contributed by atoms with van der Waals surface area (Å²) in [4.78, 5) is 14.8. The summed E-state index contributed by atoms with van der Waals surface area (Å²) in [5.74, 6) is 0.744. The Morgan fingerprint density at radius 1 is 1.04 bits per heavy atom. The van der Waals surface area contributed by atoms with Crippen molar-refractivity contribution in [3.8, 4) is 11.5 Å². The molecule has 6 nitrogen and oxygen atoms in total. The van der Waals surface area contributed by atoms with E-state index in [0.717, 1.165) is 24.5 Å². The minimum atomic E-state index is -0.333. The molecule has 142 valence electrons. The highest BCUT2D eigenvalue weighted by Gasteiger charge is 2.14. The lowest BCUT2D eigenvalue weighted by molar-refractivity contribution is 0.0977. The number of anilines is 2. The minimum Gasteiger partial charge on any atom is -0.497 e. The number of hydrogen-bond acceptors (Lipinski definition) is 5.